The first-order valence-electron chi connectivity index (χ1n) is 7.79. The van der Waals surface area contributed by atoms with Gasteiger partial charge in [-0.25, -0.2) is 0 Å². The third kappa shape index (κ3) is 3.72. The van der Waals surface area contributed by atoms with Crippen LogP contribution in [0, 0.1) is 5.92 Å². The fourth-order valence-electron chi connectivity index (χ4n) is 2.80. The molecule has 110 valence electrons. The number of hydrogen-bond acceptors (Lipinski definition) is 2. The molecule has 1 N–H and O–H groups in total. The summed E-state index contributed by atoms with van der Waals surface area (Å²) < 4.78 is 5.42. The van der Waals surface area contributed by atoms with Crippen LogP contribution in [0.3, 0.4) is 0 Å². The molecule has 0 radical (unpaired) electrons. The molecule has 1 fully saturated rings. The zero-order chi connectivity index (χ0) is 14.5. The van der Waals surface area contributed by atoms with Gasteiger partial charge in [0, 0.05) is 19.2 Å². The normalized spacial score (nSPS) is 19.6. The Balaban J connectivity index is 1.60. The van der Waals surface area contributed by atoms with Crippen LogP contribution in [0.2, 0.25) is 0 Å². The van der Waals surface area contributed by atoms with Crippen LogP contribution in [0.5, 0.6) is 0 Å². The van der Waals surface area contributed by atoms with Gasteiger partial charge in [0.25, 0.3) is 0 Å². The second-order valence-electron chi connectivity index (χ2n) is 5.85. The van der Waals surface area contributed by atoms with Gasteiger partial charge < -0.3 is 10.1 Å². The monoisotopic (exact) mass is 281 g/mol. The fourth-order valence-corrected chi connectivity index (χ4v) is 2.80. The van der Waals surface area contributed by atoms with Crippen molar-refractivity contribution in [2.24, 2.45) is 5.92 Å². The topological polar surface area (TPSA) is 21.3 Å². The number of hydrogen-bond donors (Lipinski definition) is 1. The highest BCUT2D eigenvalue weighted by Crippen LogP contribution is 2.22. The summed E-state index contributed by atoms with van der Waals surface area (Å²) in [5.41, 5.74) is 3.89. The molecule has 3 rings (SSSR count). The fraction of sp³-hybridized carbons (Fsp3) is 0.368. The third-order valence-electron chi connectivity index (χ3n) is 4.25. The second kappa shape index (κ2) is 6.88. The van der Waals surface area contributed by atoms with Gasteiger partial charge in [-0.2, -0.15) is 0 Å². The average molecular weight is 281 g/mol. The zero-order valence-corrected chi connectivity index (χ0v) is 12.6. The Labute approximate surface area is 127 Å². The summed E-state index contributed by atoms with van der Waals surface area (Å²) in [7, 11) is 0. The summed E-state index contributed by atoms with van der Waals surface area (Å²) in [6.07, 6.45) is 1.19. The molecule has 2 unspecified atom stereocenters. The number of benzene rings is 2. The van der Waals surface area contributed by atoms with Crippen molar-refractivity contribution in [1.82, 2.24) is 5.32 Å². The van der Waals surface area contributed by atoms with Gasteiger partial charge in [-0.15, -0.1) is 0 Å². The van der Waals surface area contributed by atoms with Crippen LogP contribution in [0.25, 0.3) is 11.1 Å². The Morgan fingerprint density at radius 1 is 1.05 bits per heavy atom. The van der Waals surface area contributed by atoms with Crippen LogP contribution in [-0.2, 0) is 4.74 Å². The molecule has 2 nitrogen and oxygen atoms in total. The van der Waals surface area contributed by atoms with Crippen molar-refractivity contribution in [3.05, 3.63) is 60.2 Å². The molecule has 1 saturated heterocycles. The second-order valence-corrected chi connectivity index (χ2v) is 5.85. The first-order valence-corrected chi connectivity index (χ1v) is 7.79. The first kappa shape index (κ1) is 14.3. The van der Waals surface area contributed by atoms with Gasteiger partial charge in [-0.3, -0.25) is 0 Å². The van der Waals surface area contributed by atoms with Crippen molar-refractivity contribution in [3.8, 4) is 11.1 Å². The molecule has 1 heterocycles. The summed E-state index contributed by atoms with van der Waals surface area (Å²) in [5.74, 6) is 0.677. The maximum atomic E-state index is 5.42. The van der Waals surface area contributed by atoms with Gasteiger partial charge in [-0.1, -0.05) is 54.6 Å². The lowest BCUT2D eigenvalue weighted by molar-refractivity contribution is 0.184. The van der Waals surface area contributed by atoms with Crippen LogP contribution in [0.15, 0.2) is 54.6 Å². The van der Waals surface area contributed by atoms with Crippen molar-refractivity contribution >= 4 is 0 Å². The van der Waals surface area contributed by atoms with Crippen molar-refractivity contribution in [2.45, 2.75) is 19.4 Å². The average Bonchev–Trinajstić information content (AvgIpc) is 3.07. The molecule has 1 aliphatic heterocycles. The summed E-state index contributed by atoms with van der Waals surface area (Å²) >= 11 is 0. The van der Waals surface area contributed by atoms with E-state index in [1.54, 1.807) is 0 Å². The van der Waals surface area contributed by atoms with Crippen molar-refractivity contribution in [1.29, 1.82) is 0 Å². The van der Waals surface area contributed by atoms with E-state index in [9.17, 15) is 0 Å². The summed E-state index contributed by atoms with van der Waals surface area (Å²) in [6.45, 7) is 5.11. The van der Waals surface area contributed by atoms with Crippen LogP contribution >= 0.6 is 0 Å². The molecule has 21 heavy (non-hydrogen) atoms. The smallest absolute Gasteiger partial charge is 0.0507 e. The summed E-state index contributed by atoms with van der Waals surface area (Å²) in [4.78, 5) is 0. The maximum absolute atomic E-state index is 5.42. The minimum Gasteiger partial charge on any atom is -0.381 e. The van der Waals surface area contributed by atoms with E-state index in [-0.39, 0.29) is 0 Å². The number of rotatable bonds is 5. The first-order chi connectivity index (χ1) is 10.3. The summed E-state index contributed by atoms with van der Waals surface area (Å²) in [6, 6.07) is 19.8. The maximum Gasteiger partial charge on any atom is 0.0507 e. The van der Waals surface area contributed by atoms with E-state index in [1.807, 2.05) is 0 Å². The van der Waals surface area contributed by atoms with Gasteiger partial charge in [0.15, 0.2) is 0 Å². The highest BCUT2D eigenvalue weighted by atomic mass is 16.5. The largest absolute Gasteiger partial charge is 0.381 e. The molecule has 0 bridgehead atoms. The predicted octanol–water partition coefficient (Wildman–Crippen LogP) is 4.04. The van der Waals surface area contributed by atoms with Gasteiger partial charge in [0.05, 0.1) is 6.61 Å². The van der Waals surface area contributed by atoms with E-state index in [2.05, 4.69) is 66.8 Å². The Kier molecular flexibility index (Phi) is 4.69. The molecule has 0 spiro atoms. The minimum atomic E-state index is 0.385. The van der Waals surface area contributed by atoms with E-state index in [1.165, 1.54) is 23.1 Å². The molecular weight excluding hydrogens is 258 g/mol. The molecule has 2 aromatic carbocycles. The third-order valence-corrected chi connectivity index (χ3v) is 4.25. The zero-order valence-electron chi connectivity index (χ0n) is 12.6. The molecule has 1 aliphatic rings. The van der Waals surface area contributed by atoms with Gasteiger partial charge in [0.2, 0.25) is 0 Å². The van der Waals surface area contributed by atoms with E-state index in [0.717, 1.165) is 19.8 Å². The standard InChI is InChI=1S/C19H23NO/c1-15(20-13-16-11-12-21-14-16)17-7-9-19(10-8-17)18-5-3-2-4-6-18/h2-10,15-16,20H,11-14H2,1H3. The molecule has 0 amide bonds. The van der Waals surface area contributed by atoms with Gasteiger partial charge in [0.1, 0.15) is 0 Å². The van der Waals surface area contributed by atoms with Crippen LogP contribution in [0.4, 0.5) is 0 Å². The van der Waals surface area contributed by atoms with Crippen LogP contribution < -0.4 is 5.32 Å². The molecule has 0 aromatic heterocycles. The Hall–Kier alpha value is -1.64. The number of nitrogens with one attached hydrogen (secondary N) is 1. The molecule has 2 atom stereocenters. The molecular formula is C19H23NO. The summed E-state index contributed by atoms with van der Waals surface area (Å²) in [5, 5.41) is 3.62. The highest BCUT2D eigenvalue weighted by Gasteiger charge is 2.16. The predicted molar refractivity (Wildman–Crippen MR) is 87.2 cm³/mol. The number of ether oxygens (including phenoxy) is 1. The lowest BCUT2D eigenvalue weighted by Gasteiger charge is -2.17. The highest BCUT2D eigenvalue weighted by molar-refractivity contribution is 5.63. The molecule has 2 aromatic rings. The van der Waals surface area contributed by atoms with Gasteiger partial charge >= 0.3 is 0 Å². The molecule has 0 saturated carbocycles. The Morgan fingerprint density at radius 3 is 2.43 bits per heavy atom. The van der Waals surface area contributed by atoms with Crippen molar-refractivity contribution in [2.75, 3.05) is 19.8 Å². The van der Waals surface area contributed by atoms with E-state index < -0.39 is 0 Å². The Bertz CT molecular complexity index is 544. The lowest BCUT2D eigenvalue weighted by Crippen LogP contribution is -2.25. The van der Waals surface area contributed by atoms with E-state index in [0.29, 0.717) is 12.0 Å². The van der Waals surface area contributed by atoms with E-state index >= 15 is 0 Å². The molecule has 2 heteroatoms. The van der Waals surface area contributed by atoms with Crippen molar-refractivity contribution < 1.29 is 4.74 Å². The SMILES string of the molecule is CC(NCC1CCOC1)c1ccc(-c2ccccc2)cc1. The van der Waals surface area contributed by atoms with Crippen molar-refractivity contribution in [3.63, 3.8) is 0 Å². The lowest BCUT2D eigenvalue weighted by atomic mass is 10.0. The quantitative estimate of drug-likeness (QED) is 0.893. The Morgan fingerprint density at radius 2 is 1.76 bits per heavy atom. The minimum absolute atomic E-state index is 0.385. The van der Waals surface area contributed by atoms with Gasteiger partial charge in [-0.05, 0) is 36.0 Å². The van der Waals surface area contributed by atoms with Crippen LogP contribution in [-0.4, -0.2) is 19.8 Å². The molecule has 0 aliphatic carbocycles. The van der Waals surface area contributed by atoms with E-state index in [4.69, 9.17) is 4.74 Å². The van der Waals surface area contributed by atoms with Crippen LogP contribution in [0.1, 0.15) is 24.9 Å².